The molecule has 0 amide bonds. The Morgan fingerprint density at radius 3 is 2.78 bits per heavy atom. The third kappa shape index (κ3) is 3.99. The smallest absolute Gasteiger partial charge is 0.123 e. The van der Waals surface area contributed by atoms with Crippen molar-refractivity contribution in [1.82, 2.24) is 19.9 Å². The zero-order chi connectivity index (χ0) is 16.2. The summed E-state index contributed by atoms with van der Waals surface area (Å²) in [7, 11) is 2.07. The van der Waals surface area contributed by atoms with E-state index in [1.807, 2.05) is 12.3 Å². The van der Waals surface area contributed by atoms with Crippen LogP contribution in [0.1, 0.15) is 37.0 Å². The molecular formula is C18H23FN4. The normalized spacial score (nSPS) is 11.7. The molecule has 122 valence electrons. The topological polar surface area (TPSA) is 47.7 Å². The van der Waals surface area contributed by atoms with Gasteiger partial charge < -0.3 is 9.97 Å². The van der Waals surface area contributed by atoms with Crippen LogP contribution in [-0.2, 0) is 19.5 Å². The Labute approximate surface area is 135 Å². The van der Waals surface area contributed by atoms with Gasteiger partial charge in [-0.15, -0.1) is 0 Å². The first-order valence-electron chi connectivity index (χ1n) is 8.12. The summed E-state index contributed by atoms with van der Waals surface area (Å²) in [4.78, 5) is 13.4. The molecule has 2 heterocycles. The van der Waals surface area contributed by atoms with Gasteiger partial charge in [0.15, 0.2) is 0 Å². The number of H-pyrrole nitrogens is 2. The molecule has 0 aliphatic rings. The Hall–Kier alpha value is -2.14. The van der Waals surface area contributed by atoms with E-state index in [4.69, 9.17) is 0 Å². The maximum absolute atomic E-state index is 13.3. The molecule has 0 atom stereocenters. The molecule has 0 bridgehead atoms. The van der Waals surface area contributed by atoms with E-state index in [-0.39, 0.29) is 5.82 Å². The fourth-order valence-corrected chi connectivity index (χ4v) is 2.84. The van der Waals surface area contributed by atoms with E-state index in [0.29, 0.717) is 0 Å². The second kappa shape index (κ2) is 6.96. The maximum Gasteiger partial charge on any atom is 0.123 e. The van der Waals surface area contributed by atoms with Gasteiger partial charge in [0.2, 0.25) is 0 Å². The first-order chi connectivity index (χ1) is 11.1. The fraction of sp³-hybridized carbons (Fsp3) is 0.389. The monoisotopic (exact) mass is 314 g/mol. The highest BCUT2D eigenvalue weighted by atomic mass is 19.1. The number of fused-ring (bicyclic) bond motifs is 1. The number of aromatic nitrogens is 3. The molecule has 23 heavy (non-hydrogen) atoms. The summed E-state index contributed by atoms with van der Waals surface area (Å²) in [6, 6.07) is 6.83. The van der Waals surface area contributed by atoms with Crippen molar-refractivity contribution in [2.45, 2.75) is 39.3 Å². The molecule has 0 spiro atoms. The van der Waals surface area contributed by atoms with Crippen molar-refractivity contribution in [3.05, 3.63) is 53.5 Å². The van der Waals surface area contributed by atoms with Crippen LogP contribution >= 0.6 is 0 Å². The van der Waals surface area contributed by atoms with Gasteiger partial charge in [-0.25, -0.2) is 9.37 Å². The number of aromatic amines is 2. The Morgan fingerprint density at radius 2 is 1.96 bits per heavy atom. The number of nitrogens with one attached hydrogen (secondary N) is 2. The highest BCUT2D eigenvalue weighted by molar-refractivity contribution is 5.80. The van der Waals surface area contributed by atoms with E-state index < -0.39 is 0 Å². The molecule has 0 saturated heterocycles. The molecule has 0 unspecified atom stereocenters. The average molecular weight is 314 g/mol. The lowest BCUT2D eigenvalue weighted by Gasteiger charge is -2.14. The Balaban J connectivity index is 1.61. The van der Waals surface area contributed by atoms with Crippen LogP contribution in [0.2, 0.25) is 0 Å². The van der Waals surface area contributed by atoms with Crippen molar-refractivity contribution in [3.63, 3.8) is 0 Å². The van der Waals surface area contributed by atoms with Crippen molar-refractivity contribution in [2.24, 2.45) is 0 Å². The standard InChI is InChI=1S/C18H23FN4/c1-3-4-5-18-20-10-16(22-18)12-23(2)11-15-9-13-8-14(19)6-7-17(13)21-15/h6-10,21H,3-5,11-12H2,1-2H3,(H,20,22). The maximum atomic E-state index is 13.3. The molecule has 0 fully saturated rings. The third-order valence-corrected chi connectivity index (χ3v) is 3.97. The third-order valence-electron chi connectivity index (χ3n) is 3.97. The van der Waals surface area contributed by atoms with E-state index in [9.17, 15) is 4.39 Å². The number of hydrogen-bond donors (Lipinski definition) is 2. The van der Waals surface area contributed by atoms with Crippen LogP contribution in [0.25, 0.3) is 10.9 Å². The molecule has 2 N–H and O–H groups in total. The summed E-state index contributed by atoms with van der Waals surface area (Å²) in [6.45, 7) is 3.77. The van der Waals surface area contributed by atoms with E-state index >= 15 is 0 Å². The Bertz CT molecular complexity index is 774. The number of imidazole rings is 1. The van der Waals surface area contributed by atoms with Gasteiger partial charge in [0, 0.05) is 48.0 Å². The van der Waals surface area contributed by atoms with Gasteiger partial charge in [-0.05, 0) is 37.7 Å². The second-order valence-corrected chi connectivity index (χ2v) is 6.16. The van der Waals surface area contributed by atoms with Gasteiger partial charge in [0.05, 0.1) is 0 Å². The van der Waals surface area contributed by atoms with Crippen molar-refractivity contribution < 1.29 is 4.39 Å². The lowest BCUT2D eigenvalue weighted by atomic mass is 10.2. The molecule has 1 aromatic carbocycles. The van der Waals surface area contributed by atoms with Crippen molar-refractivity contribution in [2.75, 3.05) is 7.05 Å². The van der Waals surface area contributed by atoms with Crippen LogP contribution in [0.4, 0.5) is 4.39 Å². The van der Waals surface area contributed by atoms with Gasteiger partial charge in [-0.2, -0.15) is 0 Å². The minimum absolute atomic E-state index is 0.200. The van der Waals surface area contributed by atoms with Crippen molar-refractivity contribution in [3.8, 4) is 0 Å². The van der Waals surface area contributed by atoms with Crippen LogP contribution in [-0.4, -0.2) is 26.9 Å². The molecule has 0 aliphatic carbocycles. The summed E-state index contributed by atoms with van der Waals surface area (Å²) in [6.07, 6.45) is 5.27. The first-order valence-corrected chi connectivity index (χ1v) is 8.12. The van der Waals surface area contributed by atoms with Crippen molar-refractivity contribution in [1.29, 1.82) is 0 Å². The molecule has 3 rings (SSSR count). The molecule has 0 saturated carbocycles. The van der Waals surface area contributed by atoms with E-state index in [1.54, 1.807) is 12.1 Å². The van der Waals surface area contributed by atoms with Gasteiger partial charge in [0.1, 0.15) is 11.6 Å². The molecular weight excluding hydrogens is 291 g/mol. The Kier molecular flexibility index (Phi) is 4.76. The predicted octanol–water partition coefficient (Wildman–Crippen LogP) is 4.00. The van der Waals surface area contributed by atoms with E-state index in [0.717, 1.165) is 54.0 Å². The van der Waals surface area contributed by atoms with Gasteiger partial charge in [-0.1, -0.05) is 13.3 Å². The fourth-order valence-electron chi connectivity index (χ4n) is 2.84. The van der Waals surface area contributed by atoms with Crippen LogP contribution in [0.5, 0.6) is 0 Å². The zero-order valence-corrected chi connectivity index (χ0v) is 13.7. The van der Waals surface area contributed by atoms with Crippen LogP contribution in [0, 0.1) is 5.82 Å². The van der Waals surface area contributed by atoms with Crippen LogP contribution in [0.15, 0.2) is 30.5 Å². The minimum Gasteiger partial charge on any atom is -0.357 e. The highest BCUT2D eigenvalue weighted by Crippen LogP contribution is 2.18. The number of benzene rings is 1. The zero-order valence-electron chi connectivity index (χ0n) is 13.7. The minimum atomic E-state index is -0.200. The second-order valence-electron chi connectivity index (χ2n) is 6.16. The summed E-state index contributed by atoms with van der Waals surface area (Å²) in [5, 5.41) is 0.914. The summed E-state index contributed by atoms with van der Waals surface area (Å²) in [5.41, 5.74) is 3.18. The molecule has 5 heteroatoms. The summed E-state index contributed by atoms with van der Waals surface area (Å²) >= 11 is 0. The molecule has 0 aliphatic heterocycles. The van der Waals surface area contributed by atoms with Gasteiger partial charge in [0.25, 0.3) is 0 Å². The van der Waals surface area contributed by atoms with E-state index in [1.165, 1.54) is 12.5 Å². The average Bonchev–Trinajstić information content (AvgIpc) is 3.10. The largest absolute Gasteiger partial charge is 0.357 e. The Morgan fingerprint density at radius 1 is 1.13 bits per heavy atom. The van der Waals surface area contributed by atoms with Crippen LogP contribution < -0.4 is 0 Å². The lowest BCUT2D eigenvalue weighted by molar-refractivity contribution is 0.312. The molecule has 2 aromatic heterocycles. The number of aryl methyl sites for hydroxylation is 1. The number of nitrogens with zero attached hydrogens (tertiary/aromatic N) is 2. The highest BCUT2D eigenvalue weighted by Gasteiger charge is 2.08. The summed E-state index contributed by atoms with van der Waals surface area (Å²) in [5.74, 6) is 0.866. The van der Waals surface area contributed by atoms with E-state index in [2.05, 4.69) is 33.8 Å². The molecule has 4 nitrogen and oxygen atoms in total. The van der Waals surface area contributed by atoms with Crippen molar-refractivity contribution >= 4 is 10.9 Å². The summed E-state index contributed by atoms with van der Waals surface area (Å²) < 4.78 is 13.3. The number of unbranched alkanes of at least 4 members (excludes halogenated alkanes) is 1. The lowest BCUT2D eigenvalue weighted by Crippen LogP contribution is -2.17. The van der Waals surface area contributed by atoms with Gasteiger partial charge in [-0.3, -0.25) is 4.90 Å². The van der Waals surface area contributed by atoms with Gasteiger partial charge >= 0.3 is 0 Å². The molecule has 3 aromatic rings. The number of hydrogen-bond acceptors (Lipinski definition) is 2. The predicted molar refractivity (Wildman–Crippen MR) is 90.6 cm³/mol. The van der Waals surface area contributed by atoms with Crippen LogP contribution in [0.3, 0.4) is 0 Å². The number of rotatable bonds is 7. The number of halogens is 1. The quantitative estimate of drug-likeness (QED) is 0.692. The SMILES string of the molecule is CCCCc1ncc(CN(C)Cc2cc3cc(F)ccc3[nH]2)[nH]1. The molecule has 0 radical (unpaired) electrons. The first kappa shape index (κ1) is 15.7.